The number of nitrogens with two attached hydrogens (primary N) is 1. The molecule has 0 saturated carbocycles. The molecule has 0 fully saturated rings. The van der Waals surface area contributed by atoms with Crippen molar-refractivity contribution >= 4 is 23.0 Å². The third-order valence-corrected chi connectivity index (χ3v) is 2.64. The average molecular weight is 272 g/mol. The van der Waals surface area contributed by atoms with Crippen LogP contribution in [0, 0.1) is 17.0 Å². The molecule has 20 heavy (non-hydrogen) atoms. The van der Waals surface area contributed by atoms with Gasteiger partial charge in [0.1, 0.15) is 5.69 Å². The summed E-state index contributed by atoms with van der Waals surface area (Å²) in [5, 5.41) is 13.4. The lowest BCUT2D eigenvalue weighted by Gasteiger charge is -2.06. The van der Waals surface area contributed by atoms with E-state index in [0.717, 1.165) is 11.8 Å². The first-order valence-corrected chi connectivity index (χ1v) is 5.75. The van der Waals surface area contributed by atoms with Gasteiger partial charge < -0.3 is 11.1 Å². The Morgan fingerprint density at radius 3 is 2.75 bits per heavy atom. The average Bonchev–Trinajstić information content (AvgIpc) is 2.38. The van der Waals surface area contributed by atoms with Crippen molar-refractivity contribution in [2.75, 3.05) is 11.1 Å². The Kier molecular flexibility index (Phi) is 3.60. The fourth-order valence-electron chi connectivity index (χ4n) is 1.67. The number of carbonyl (C=O) groups excluding carboxylic acids is 1. The van der Waals surface area contributed by atoms with Crippen LogP contribution in [0.25, 0.3) is 0 Å². The fraction of sp³-hybridized carbons (Fsp3) is 0.0769. The molecule has 0 aliphatic carbocycles. The number of aryl methyl sites for hydroxylation is 1. The summed E-state index contributed by atoms with van der Waals surface area (Å²) in [6.07, 6.45) is 1.57. The molecule has 2 rings (SSSR count). The number of carbonyl (C=O) groups is 1. The number of nitrogens with zero attached hydrogens (tertiary/aromatic N) is 2. The molecule has 0 bridgehead atoms. The quantitative estimate of drug-likeness (QED) is 0.505. The zero-order valence-corrected chi connectivity index (χ0v) is 10.7. The van der Waals surface area contributed by atoms with Gasteiger partial charge in [-0.15, -0.1) is 0 Å². The van der Waals surface area contributed by atoms with E-state index >= 15 is 0 Å². The Balaban J connectivity index is 2.26. The summed E-state index contributed by atoms with van der Waals surface area (Å²) in [6, 6.07) is 7.26. The second-order valence-electron chi connectivity index (χ2n) is 4.17. The maximum atomic E-state index is 12.0. The molecule has 1 aromatic heterocycles. The third kappa shape index (κ3) is 2.89. The van der Waals surface area contributed by atoms with Crippen LogP contribution in [0.3, 0.4) is 0 Å². The molecule has 1 heterocycles. The topological polar surface area (TPSA) is 111 Å². The highest BCUT2D eigenvalue weighted by atomic mass is 16.6. The van der Waals surface area contributed by atoms with Crippen LogP contribution in [0.15, 0.2) is 36.5 Å². The van der Waals surface area contributed by atoms with Gasteiger partial charge in [0, 0.05) is 29.2 Å². The number of benzene rings is 1. The van der Waals surface area contributed by atoms with Gasteiger partial charge in [-0.3, -0.25) is 19.9 Å². The fourth-order valence-corrected chi connectivity index (χ4v) is 1.67. The number of aromatic nitrogens is 1. The van der Waals surface area contributed by atoms with Crippen LogP contribution in [-0.2, 0) is 0 Å². The molecule has 0 atom stereocenters. The molecule has 0 radical (unpaired) electrons. The van der Waals surface area contributed by atoms with Crippen LogP contribution in [0.2, 0.25) is 0 Å². The smallest absolute Gasteiger partial charge is 0.292 e. The molecule has 1 amide bonds. The molecular weight excluding hydrogens is 260 g/mol. The first kappa shape index (κ1) is 13.5. The largest absolute Gasteiger partial charge is 0.393 e. The number of nitro groups is 1. The van der Waals surface area contributed by atoms with Crippen molar-refractivity contribution < 1.29 is 9.72 Å². The van der Waals surface area contributed by atoms with Crippen molar-refractivity contribution in [3.63, 3.8) is 0 Å². The molecule has 2 aromatic rings. The van der Waals surface area contributed by atoms with Crippen molar-refractivity contribution in [1.82, 2.24) is 4.98 Å². The Labute approximate surface area is 114 Å². The summed E-state index contributed by atoms with van der Waals surface area (Å²) in [6.45, 7) is 1.80. The van der Waals surface area contributed by atoms with Crippen LogP contribution in [0.5, 0.6) is 0 Å². The molecule has 0 spiro atoms. The minimum atomic E-state index is -0.622. The summed E-state index contributed by atoms with van der Waals surface area (Å²) < 4.78 is 0. The number of nitrogen functional groups attached to an aromatic ring is 1. The van der Waals surface area contributed by atoms with Crippen LogP contribution in [0.4, 0.5) is 17.1 Å². The maximum Gasteiger partial charge on any atom is 0.292 e. The van der Waals surface area contributed by atoms with E-state index in [1.165, 1.54) is 12.1 Å². The molecule has 7 heteroatoms. The van der Waals surface area contributed by atoms with E-state index in [9.17, 15) is 14.9 Å². The van der Waals surface area contributed by atoms with E-state index in [2.05, 4.69) is 10.3 Å². The van der Waals surface area contributed by atoms with E-state index in [0.29, 0.717) is 5.69 Å². The Morgan fingerprint density at radius 2 is 2.10 bits per heavy atom. The van der Waals surface area contributed by atoms with Crippen LogP contribution in [-0.4, -0.2) is 15.8 Å². The number of nitro benzene ring substituents is 1. The van der Waals surface area contributed by atoms with E-state index in [1.54, 1.807) is 25.3 Å². The van der Waals surface area contributed by atoms with E-state index in [1.807, 2.05) is 0 Å². The molecule has 0 saturated heterocycles. The standard InChI is InChI=1S/C13H12N4O3/c1-8-6-10(4-5-15-8)16-13(18)9-2-3-11(14)12(7-9)17(19)20/h2-7H,14H2,1H3,(H,15,16,18). The van der Waals surface area contributed by atoms with Gasteiger partial charge >= 0.3 is 0 Å². The van der Waals surface area contributed by atoms with Crippen molar-refractivity contribution in [3.8, 4) is 0 Å². The highest BCUT2D eigenvalue weighted by Crippen LogP contribution is 2.22. The monoisotopic (exact) mass is 272 g/mol. The first-order chi connectivity index (χ1) is 9.47. The van der Waals surface area contributed by atoms with Gasteiger partial charge in [-0.1, -0.05) is 0 Å². The van der Waals surface area contributed by atoms with Crippen molar-refractivity contribution in [3.05, 3.63) is 57.9 Å². The van der Waals surface area contributed by atoms with Gasteiger partial charge in [-0.2, -0.15) is 0 Å². The SMILES string of the molecule is Cc1cc(NC(=O)c2ccc(N)c([N+](=O)[O-])c2)ccn1. The molecular formula is C13H12N4O3. The Hall–Kier alpha value is -2.96. The third-order valence-electron chi connectivity index (χ3n) is 2.64. The highest BCUT2D eigenvalue weighted by molar-refractivity contribution is 6.05. The van der Waals surface area contributed by atoms with E-state index in [4.69, 9.17) is 5.73 Å². The van der Waals surface area contributed by atoms with Gasteiger partial charge in [0.2, 0.25) is 0 Å². The first-order valence-electron chi connectivity index (χ1n) is 5.75. The van der Waals surface area contributed by atoms with Crippen LogP contribution < -0.4 is 11.1 Å². The van der Waals surface area contributed by atoms with Gasteiger partial charge in [0.25, 0.3) is 11.6 Å². The summed E-state index contributed by atoms with van der Waals surface area (Å²) in [5.74, 6) is -0.446. The van der Waals surface area contributed by atoms with E-state index in [-0.39, 0.29) is 16.9 Å². The molecule has 7 nitrogen and oxygen atoms in total. The highest BCUT2D eigenvalue weighted by Gasteiger charge is 2.15. The molecule has 0 aliphatic rings. The normalized spacial score (nSPS) is 10.1. The second kappa shape index (κ2) is 5.35. The van der Waals surface area contributed by atoms with Crippen molar-refractivity contribution in [2.24, 2.45) is 0 Å². The number of nitrogens with one attached hydrogen (secondary N) is 1. The predicted molar refractivity (Wildman–Crippen MR) is 74.4 cm³/mol. The lowest BCUT2D eigenvalue weighted by molar-refractivity contribution is -0.383. The summed E-state index contributed by atoms with van der Waals surface area (Å²) in [5.41, 5.74) is 6.71. The maximum absolute atomic E-state index is 12.0. The number of hydrogen-bond acceptors (Lipinski definition) is 5. The molecule has 1 aromatic carbocycles. The van der Waals surface area contributed by atoms with Crippen molar-refractivity contribution in [2.45, 2.75) is 6.92 Å². The van der Waals surface area contributed by atoms with Crippen molar-refractivity contribution in [1.29, 1.82) is 0 Å². The molecule has 102 valence electrons. The minimum Gasteiger partial charge on any atom is -0.393 e. The van der Waals surface area contributed by atoms with Gasteiger partial charge in [0.05, 0.1) is 4.92 Å². The predicted octanol–water partition coefficient (Wildman–Crippen LogP) is 2.13. The molecule has 0 aliphatic heterocycles. The van der Waals surface area contributed by atoms with Gasteiger partial charge in [-0.25, -0.2) is 0 Å². The Bertz CT molecular complexity index is 685. The van der Waals surface area contributed by atoms with Crippen LogP contribution in [0.1, 0.15) is 16.1 Å². The number of hydrogen-bond donors (Lipinski definition) is 2. The number of anilines is 2. The number of rotatable bonds is 3. The summed E-state index contributed by atoms with van der Waals surface area (Å²) in [7, 11) is 0. The Morgan fingerprint density at radius 1 is 1.35 bits per heavy atom. The van der Waals surface area contributed by atoms with Gasteiger partial charge in [-0.05, 0) is 31.2 Å². The van der Waals surface area contributed by atoms with Gasteiger partial charge in [0.15, 0.2) is 0 Å². The zero-order valence-electron chi connectivity index (χ0n) is 10.7. The number of pyridine rings is 1. The minimum absolute atomic E-state index is 0.0197. The second-order valence-corrected chi connectivity index (χ2v) is 4.17. The van der Waals surface area contributed by atoms with Crippen LogP contribution >= 0.6 is 0 Å². The zero-order chi connectivity index (χ0) is 14.7. The lowest BCUT2D eigenvalue weighted by Crippen LogP contribution is -2.12. The molecule has 3 N–H and O–H groups in total. The summed E-state index contributed by atoms with van der Waals surface area (Å²) >= 11 is 0. The molecule has 0 unspecified atom stereocenters. The van der Waals surface area contributed by atoms with E-state index < -0.39 is 10.8 Å². The summed E-state index contributed by atoms with van der Waals surface area (Å²) in [4.78, 5) is 26.2. The lowest BCUT2D eigenvalue weighted by atomic mass is 10.1. The number of amides is 1.